The Hall–Kier alpha value is -0.0400. The topological polar surface area (TPSA) is 0 Å². The van der Waals surface area contributed by atoms with Crippen LogP contribution in [0.3, 0.4) is 0 Å². The van der Waals surface area contributed by atoms with Gasteiger partial charge in [0.05, 0.1) is 26.7 Å². The van der Waals surface area contributed by atoms with Crippen molar-refractivity contribution in [2.75, 3.05) is 26.7 Å². The van der Waals surface area contributed by atoms with Crippen molar-refractivity contribution in [1.29, 1.82) is 0 Å². The SMILES string of the molecule is CCCCCCCC[N+](C)(CCCCCCCC)CCCCCCCC.[CH2]C(CC)CCCC. The predicted molar refractivity (Wildman–Crippen MR) is 160 cm³/mol. The van der Waals surface area contributed by atoms with Crippen molar-refractivity contribution in [3.05, 3.63) is 6.92 Å². The summed E-state index contributed by atoms with van der Waals surface area (Å²) in [5, 5.41) is 0. The highest BCUT2D eigenvalue weighted by Gasteiger charge is 2.20. The summed E-state index contributed by atoms with van der Waals surface area (Å²) in [7, 11) is 2.56. The first-order valence-corrected chi connectivity index (χ1v) is 16.2. The van der Waals surface area contributed by atoms with Crippen LogP contribution in [-0.4, -0.2) is 31.2 Å². The summed E-state index contributed by atoms with van der Waals surface area (Å²) in [5.41, 5.74) is 0. The van der Waals surface area contributed by atoms with Crippen LogP contribution in [0.2, 0.25) is 0 Å². The molecule has 34 heavy (non-hydrogen) atoms. The molecule has 1 atom stereocenters. The third-order valence-corrected chi connectivity index (χ3v) is 7.70. The van der Waals surface area contributed by atoms with Gasteiger partial charge in [0.2, 0.25) is 0 Å². The number of hydrogen-bond acceptors (Lipinski definition) is 0. The Kier molecular flexibility index (Phi) is 31.0. The van der Waals surface area contributed by atoms with E-state index in [0.717, 1.165) is 0 Å². The standard InChI is InChI=1S/C25H54N.C8H17/c1-5-8-11-14-17-20-23-26(4,24-21-18-15-12-9-6-2)25-22-19-16-13-10-7-3;1-4-6-7-8(3)5-2/h5-25H2,1-4H3;8H,3-7H2,1-2H3/q+1;. The quantitative estimate of drug-likeness (QED) is 0.0898. The summed E-state index contributed by atoms with van der Waals surface area (Å²) in [6.45, 7) is 19.6. The molecule has 1 nitrogen and oxygen atoms in total. The van der Waals surface area contributed by atoms with Crippen LogP contribution in [0, 0.1) is 12.8 Å². The summed E-state index contributed by atoms with van der Waals surface area (Å²) in [6, 6.07) is 0. The van der Waals surface area contributed by atoms with E-state index in [1.165, 1.54) is 165 Å². The predicted octanol–water partition coefficient (Wildman–Crippen LogP) is 11.6. The van der Waals surface area contributed by atoms with Crippen LogP contribution in [0.5, 0.6) is 0 Å². The van der Waals surface area contributed by atoms with Gasteiger partial charge in [-0.25, -0.2) is 0 Å². The van der Waals surface area contributed by atoms with Crippen molar-refractivity contribution in [3.8, 4) is 0 Å². The minimum atomic E-state index is 0.704. The van der Waals surface area contributed by atoms with E-state index in [0.29, 0.717) is 5.92 Å². The first-order valence-electron chi connectivity index (χ1n) is 16.2. The molecule has 0 fully saturated rings. The molecule has 0 saturated carbocycles. The van der Waals surface area contributed by atoms with Gasteiger partial charge in [-0.1, -0.05) is 144 Å². The fourth-order valence-electron chi connectivity index (χ4n) is 4.85. The van der Waals surface area contributed by atoms with Gasteiger partial charge in [-0.15, -0.1) is 0 Å². The van der Waals surface area contributed by atoms with Crippen LogP contribution in [0.4, 0.5) is 0 Å². The highest BCUT2D eigenvalue weighted by molar-refractivity contribution is 4.57. The lowest BCUT2D eigenvalue weighted by Crippen LogP contribution is -2.46. The molecule has 0 spiro atoms. The Labute approximate surface area is 219 Å². The molecular weight excluding hydrogens is 410 g/mol. The molecular formula is C33H71N+. The minimum absolute atomic E-state index is 0.704. The monoisotopic (exact) mass is 482 g/mol. The van der Waals surface area contributed by atoms with Crippen LogP contribution in [0.15, 0.2) is 0 Å². The highest BCUT2D eigenvalue weighted by atomic mass is 15.3. The molecule has 0 saturated heterocycles. The largest absolute Gasteiger partial charge is 0.326 e. The second-order valence-electron chi connectivity index (χ2n) is 11.5. The molecule has 0 bridgehead atoms. The molecule has 0 heterocycles. The molecule has 207 valence electrons. The number of nitrogens with zero attached hydrogens (tertiary/aromatic N) is 1. The lowest BCUT2D eigenvalue weighted by molar-refractivity contribution is -0.910. The fourth-order valence-corrected chi connectivity index (χ4v) is 4.85. The first kappa shape index (κ1) is 36.1. The fraction of sp³-hybridized carbons (Fsp3) is 0.970. The van der Waals surface area contributed by atoms with Crippen molar-refractivity contribution in [3.63, 3.8) is 0 Å². The Morgan fingerprint density at radius 3 is 1.03 bits per heavy atom. The van der Waals surface area contributed by atoms with E-state index in [2.05, 4.69) is 48.6 Å². The van der Waals surface area contributed by atoms with Gasteiger partial charge in [-0.05, 0) is 44.4 Å². The molecule has 0 aliphatic rings. The van der Waals surface area contributed by atoms with Crippen LogP contribution >= 0.6 is 0 Å². The summed E-state index contributed by atoms with van der Waals surface area (Å²) in [5.74, 6) is 0.704. The first-order chi connectivity index (χ1) is 16.5. The maximum Gasteiger partial charge on any atom is 0.0784 e. The van der Waals surface area contributed by atoms with Gasteiger partial charge >= 0.3 is 0 Å². The summed E-state index contributed by atoms with van der Waals surface area (Å²) < 4.78 is 1.36. The summed E-state index contributed by atoms with van der Waals surface area (Å²) >= 11 is 0. The lowest BCUT2D eigenvalue weighted by atomic mass is 10.0. The molecule has 1 radical (unpaired) electrons. The van der Waals surface area contributed by atoms with Crippen molar-refractivity contribution in [2.24, 2.45) is 5.92 Å². The Balaban J connectivity index is 0. The zero-order valence-corrected chi connectivity index (χ0v) is 25.4. The van der Waals surface area contributed by atoms with Gasteiger partial charge in [-0.3, -0.25) is 0 Å². The zero-order chi connectivity index (χ0) is 25.8. The minimum Gasteiger partial charge on any atom is -0.326 e. The van der Waals surface area contributed by atoms with Crippen LogP contribution in [0.25, 0.3) is 0 Å². The van der Waals surface area contributed by atoms with Crippen molar-refractivity contribution in [2.45, 2.75) is 176 Å². The average molecular weight is 482 g/mol. The molecule has 0 rings (SSSR count). The van der Waals surface area contributed by atoms with E-state index in [9.17, 15) is 0 Å². The van der Waals surface area contributed by atoms with Crippen molar-refractivity contribution >= 4 is 0 Å². The summed E-state index contributed by atoms with van der Waals surface area (Å²) in [4.78, 5) is 0. The lowest BCUT2D eigenvalue weighted by Gasteiger charge is -2.35. The van der Waals surface area contributed by atoms with E-state index in [4.69, 9.17) is 0 Å². The van der Waals surface area contributed by atoms with Gasteiger partial charge in [0, 0.05) is 0 Å². The maximum atomic E-state index is 3.99. The number of quaternary nitrogens is 1. The number of hydrogen-bond donors (Lipinski definition) is 0. The van der Waals surface area contributed by atoms with Crippen molar-refractivity contribution < 1.29 is 4.48 Å². The Morgan fingerprint density at radius 2 is 0.735 bits per heavy atom. The molecule has 0 aromatic rings. The van der Waals surface area contributed by atoms with Crippen LogP contribution < -0.4 is 0 Å². The van der Waals surface area contributed by atoms with E-state index in [-0.39, 0.29) is 0 Å². The van der Waals surface area contributed by atoms with E-state index >= 15 is 0 Å². The smallest absolute Gasteiger partial charge is 0.0784 e. The molecule has 1 heteroatoms. The number of unbranched alkanes of at least 4 members (excludes halogenated alkanes) is 16. The molecule has 0 aliphatic carbocycles. The van der Waals surface area contributed by atoms with Gasteiger partial charge in [0.1, 0.15) is 0 Å². The molecule has 0 aromatic carbocycles. The second-order valence-corrected chi connectivity index (χ2v) is 11.5. The van der Waals surface area contributed by atoms with Crippen molar-refractivity contribution in [1.82, 2.24) is 0 Å². The third-order valence-electron chi connectivity index (χ3n) is 7.70. The number of rotatable bonds is 25. The second kappa shape index (κ2) is 29.2. The van der Waals surface area contributed by atoms with E-state index in [1.54, 1.807) is 0 Å². The molecule has 0 N–H and O–H groups in total. The molecule has 0 aliphatic heterocycles. The van der Waals surface area contributed by atoms with Gasteiger partial charge in [0.25, 0.3) is 0 Å². The zero-order valence-electron chi connectivity index (χ0n) is 25.4. The highest BCUT2D eigenvalue weighted by Crippen LogP contribution is 2.16. The maximum absolute atomic E-state index is 3.99. The van der Waals surface area contributed by atoms with E-state index in [1.807, 2.05) is 0 Å². The normalized spacial score (nSPS) is 12.4. The molecule has 0 aromatic heterocycles. The molecule has 1 unspecified atom stereocenters. The Morgan fingerprint density at radius 1 is 0.441 bits per heavy atom. The Bertz CT molecular complexity index is 310. The van der Waals surface area contributed by atoms with Crippen LogP contribution in [0.1, 0.15) is 176 Å². The average Bonchev–Trinajstić information content (AvgIpc) is 2.84. The molecule has 0 amide bonds. The van der Waals surface area contributed by atoms with Crippen LogP contribution in [-0.2, 0) is 0 Å². The van der Waals surface area contributed by atoms with E-state index < -0.39 is 0 Å². The third kappa shape index (κ3) is 28.2. The van der Waals surface area contributed by atoms with Gasteiger partial charge in [-0.2, -0.15) is 0 Å². The van der Waals surface area contributed by atoms with Gasteiger partial charge < -0.3 is 4.48 Å². The van der Waals surface area contributed by atoms with Gasteiger partial charge in [0.15, 0.2) is 0 Å². The summed E-state index contributed by atoms with van der Waals surface area (Å²) in [6.07, 6.45) is 31.1.